The Morgan fingerprint density at radius 1 is 1.02 bits per heavy atom. The number of Topliss-reactive ketones (excluding diaryl/α,β-unsaturated/α-hetero) is 1. The van der Waals surface area contributed by atoms with Gasteiger partial charge in [-0.3, -0.25) is 9.59 Å². The van der Waals surface area contributed by atoms with Gasteiger partial charge in [-0.05, 0) is 31.2 Å². The minimum absolute atomic E-state index is 0.0364. The number of hydrogen-bond donors (Lipinski definition) is 1. The van der Waals surface area contributed by atoms with Crippen molar-refractivity contribution in [2.24, 2.45) is 7.05 Å². The number of carbonyl (C=O) groups excluding carboxylic acids is 2. The Bertz CT molecular complexity index is 1620. The minimum atomic E-state index is -0.833. The number of ketones is 1. The molecule has 1 fully saturated rings. The van der Waals surface area contributed by atoms with Gasteiger partial charge in [0, 0.05) is 55.3 Å². The number of nitrogens with one attached hydrogen (secondary N) is 1. The molecular weight excluding hydrogens is 518 g/mol. The number of rotatable bonds is 5. The highest BCUT2D eigenvalue weighted by atomic mass is 19.1. The lowest BCUT2D eigenvalue weighted by atomic mass is 10.0. The number of nitrogens with zero attached hydrogens (tertiary/aromatic N) is 5. The predicted molar refractivity (Wildman–Crippen MR) is 146 cm³/mol. The number of hydrogen-bond acceptors (Lipinski definition) is 7. The molecule has 4 heterocycles. The molecular formula is C29H26F2N6O3. The van der Waals surface area contributed by atoms with Crippen LogP contribution in [0, 0.1) is 18.6 Å². The Hall–Kier alpha value is -4.80. The van der Waals surface area contributed by atoms with E-state index < -0.39 is 23.3 Å². The largest absolute Gasteiger partial charge is 0.489 e. The van der Waals surface area contributed by atoms with Crippen molar-refractivity contribution in [2.45, 2.75) is 13.0 Å². The quantitative estimate of drug-likeness (QED) is 0.300. The van der Waals surface area contributed by atoms with Crippen LogP contribution in [0.3, 0.4) is 0 Å². The van der Waals surface area contributed by atoms with Crippen LogP contribution >= 0.6 is 0 Å². The van der Waals surface area contributed by atoms with Crippen LogP contribution in [0.2, 0.25) is 0 Å². The van der Waals surface area contributed by atoms with Crippen molar-refractivity contribution >= 4 is 29.0 Å². The minimum Gasteiger partial charge on any atom is -0.489 e. The molecule has 0 bridgehead atoms. The summed E-state index contributed by atoms with van der Waals surface area (Å²) in [6.07, 6.45) is 2.31. The summed E-state index contributed by atoms with van der Waals surface area (Å²) in [7, 11) is 1.67. The summed E-state index contributed by atoms with van der Waals surface area (Å²) in [5.74, 6) is -1.49. The van der Waals surface area contributed by atoms with E-state index in [2.05, 4.69) is 20.2 Å². The number of ether oxygens (including phenoxy) is 1. The van der Waals surface area contributed by atoms with Crippen molar-refractivity contribution < 1.29 is 23.1 Å². The third-order valence-electron chi connectivity index (χ3n) is 7.39. The summed E-state index contributed by atoms with van der Waals surface area (Å²) in [4.78, 5) is 38.8. The molecule has 40 heavy (non-hydrogen) atoms. The summed E-state index contributed by atoms with van der Waals surface area (Å²) >= 11 is 0. The van der Waals surface area contributed by atoms with Gasteiger partial charge < -0.3 is 24.4 Å². The highest BCUT2D eigenvalue weighted by Crippen LogP contribution is 2.38. The molecule has 2 aliphatic rings. The van der Waals surface area contributed by atoms with Gasteiger partial charge in [0.2, 0.25) is 5.95 Å². The number of halogens is 2. The lowest BCUT2D eigenvalue weighted by molar-refractivity contribution is -0.112. The maximum absolute atomic E-state index is 14.5. The molecule has 1 amide bonds. The Kier molecular flexibility index (Phi) is 6.41. The van der Waals surface area contributed by atoms with Crippen molar-refractivity contribution in [3.05, 3.63) is 83.9 Å². The van der Waals surface area contributed by atoms with Gasteiger partial charge >= 0.3 is 0 Å². The van der Waals surface area contributed by atoms with E-state index in [0.29, 0.717) is 49.2 Å². The normalized spacial score (nSPS) is 16.1. The standard InChI is InChI=1S/C29H26F2N6O3/c1-17-11-22(21-5-3-4-6-23(21)31)26(35(17)2)27(38)28(39)34-19-7-8-24-25(12-19)40-16-20-15-36(9-10-37(20)24)29-32-13-18(30)14-33-29/h3-8,11-14,20H,9-10,15-16H2,1-2H3,(H,34,39)/t20-/m1/s1. The summed E-state index contributed by atoms with van der Waals surface area (Å²) in [5, 5.41) is 2.68. The number of anilines is 3. The molecule has 0 spiro atoms. The van der Waals surface area contributed by atoms with Crippen LogP contribution in [0.4, 0.5) is 26.1 Å². The van der Waals surface area contributed by atoms with Crippen LogP contribution in [0.5, 0.6) is 5.75 Å². The maximum atomic E-state index is 14.5. The van der Waals surface area contributed by atoms with Gasteiger partial charge in [-0.2, -0.15) is 0 Å². The molecule has 0 radical (unpaired) electrons. The van der Waals surface area contributed by atoms with E-state index in [4.69, 9.17) is 4.74 Å². The molecule has 4 aromatic rings. The van der Waals surface area contributed by atoms with Crippen LogP contribution in [0.15, 0.2) is 60.9 Å². The van der Waals surface area contributed by atoms with Crippen LogP contribution in [0.1, 0.15) is 16.2 Å². The van der Waals surface area contributed by atoms with Crippen molar-refractivity contribution in [3.63, 3.8) is 0 Å². The molecule has 0 unspecified atom stereocenters. The number of amides is 1. The third kappa shape index (κ3) is 4.53. The smallest absolute Gasteiger partial charge is 0.298 e. The summed E-state index contributed by atoms with van der Waals surface area (Å²) in [6.45, 7) is 4.13. The molecule has 11 heteroatoms. The molecule has 9 nitrogen and oxygen atoms in total. The second-order valence-corrected chi connectivity index (χ2v) is 9.86. The van der Waals surface area contributed by atoms with Gasteiger partial charge in [-0.1, -0.05) is 18.2 Å². The first kappa shape index (κ1) is 25.5. The third-order valence-corrected chi connectivity index (χ3v) is 7.39. The molecule has 0 aliphatic carbocycles. The summed E-state index contributed by atoms with van der Waals surface area (Å²) in [5.41, 5.74) is 2.73. The number of carbonyl (C=O) groups is 2. The lowest BCUT2D eigenvalue weighted by Crippen LogP contribution is -2.57. The SMILES string of the molecule is Cc1cc(-c2ccccc2F)c(C(=O)C(=O)Nc2ccc3c(c2)OC[C@H]2CN(c4ncc(F)cn4)CCN32)n1C. The highest BCUT2D eigenvalue weighted by Gasteiger charge is 2.34. The molecule has 1 saturated heterocycles. The van der Waals surface area contributed by atoms with Gasteiger partial charge in [0.25, 0.3) is 11.7 Å². The topological polar surface area (TPSA) is 92.6 Å². The zero-order chi connectivity index (χ0) is 28.0. The van der Waals surface area contributed by atoms with Crippen LogP contribution in [-0.2, 0) is 11.8 Å². The first-order valence-corrected chi connectivity index (χ1v) is 12.8. The summed E-state index contributed by atoms with van der Waals surface area (Å²) < 4.78 is 35.4. The zero-order valence-electron chi connectivity index (χ0n) is 21.9. The van der Waals surface area contributed by atoms with E-state index in [-0.39, 0.29) is 17.3 Å². The van der Waals surface area contributed by atoms with Crippen LogP contribution in [-0.4, -0.2) is 58.5 Å². The average Bonchev–Trinajstić information content (AvgIpc) is 3.26. The molecule has 2 aliphatic heterocycles. The number of piperazine rings is 1. The summed E-state index contributed by atoms with van der Waals surface area (Å²) in [6, 6.07) is 13.2. The van der Waals surface area contributed by atoms with Crippen LogP contribution < -0.4 is 19.9 Å². The Morgan fingerprint density at radius 3 is 2.58 bits per heavy atom. The van der Waals surface area contributed by atoms with Crippen molar-refractivity contribution in [1.82, 2.24) is 14.5 Å². The fourth-order valence-electron chi connectivity index (χ4n) is 5.28. The van der Waals surface area contributed by atoms with Gasteiger partial charge in [0.1, 0.15) is 23.9 Å². The molecule has 2 aromatic carbocycles. The van der Waals surface area contributed by atoms with E-state index in [9.17, 15) is 18.4 Å². The second-order valence-electron chi connectivity index (χ2n) is 9.86. The van der Waals surface area contributed by atoms with E-state index in [1.807, 2.05) is 11.0 Å². The molecule has 2 aromatic heterocycles. The molecule has 204 valence electrons. The Morgan fingerprint density at radius 2 is 1.80 bits per heavy atom. The van der Waals surface area contributed by atoms with E-state index >= 15 is 0 Å². The van der Waals surface area contributed by atoms with E-state index in [1.54, 1.807) is 54.9 Å². The monoisotopic (exact) mass is 544 g/mol. The molecule has 1 atom stereocenters. The maximum Gasteiger partial charge on any atom is 0.298 e. The fraction of sp³-hybridized carbons (Fsp3) is 0.241. The predicted octanol–water partition coefficient (Wildman–Crippen LogP) is 3.98. The Balaban J connectivity index is 1.18. The van der Waals surface area contributed by atoms with Crippen molar-refractivity contribution in [2.75, 3.05) is 41.4 Å². The van der Waals surface area contributed by atoms with Gasteiger partial charge in [0.05, 0.1) is 24.1 Å². The van der Waals surface area contributed by atoms with Crippen molar-refractivity contribution in [1.29, 1.82) is 0 Å². The molecule has 6 rings (SSSR count). The highest BCUT2D eigenvalue weighted by molar-refractivity contribution is 6.47. The van der Waals surface area contributed by atoms with Gasteiger partial charge in [-0.15, -0.1) is 0 Å². The fourth-order valence-corrected chi connectivity index (χ4v) is 5.28. The van der Waals surface area contributed by atoms with E-state index in [0.717, 1.165) is 23.8 Å². The van der Waals surface area contributed by atoms with Gasteiger partial charge in [0.15, 0.2) is 5.82 Å². The number of aromatic nitrogens is 3. The first-order chi connectivity index (χ1) is 19.3. The second kappa shape index (κ2) is 10.1. The first-order valence-electron chi connectivity index (χ1n) is 12.8. The molecule has 1 N–H and O–H groups in total. The number of aryl methyl sites for hydroxylation is 1. The van der Waals surface area contributed by atoms with Crippen molar-refractivity contribution in [3.8, 4) is 16.9 Å². The Labute approximate surface area is 229 Å². The lowest BCUT2D eigenvalue weighted by Gasteiger charge is -2.45. The number of fused-ring (bicyclic) bond motifs is 3. The molecule has 0 saturated carbocycles. The van der Waals surface area contributed by atoms with Crippen LogP contribution in [0.25, 0.3) is 11.1 Å². The van der Waals surface area contributed by atoms with E-state index in [1.165, 1.54) is 6.07 Å². The number of benzene rings is 2. The average molecular weight is 545 g/mol. The zero-order valence-corrected chi connectivity index (χ0v) is 21.9. The van der Waals surface area contributed by atoms with Gasteiger partial charge in [-0.25, -0.2) is 18.7 Å².